The van der Waals surface area contributed by atoms with Gasteiger partial charge in [0.2, 0.25) is 0 Å². The maximum atomic E-state index is 11.8. The van der Waals surface area contributed by atoms with E-state index in [1.54, 1.807) is 13.8 Å². The van der Waals surface area contributed by atoms with Crippen molar-refractivity contribution in [3.63, 3.8) is 0 Å². The Morgan fingerprint density at radius 3 is 2.76 bits per heavy atom. The molecule has 0 atom stereocenters. The van der Waals surface area contributed by atoms with Gasteiger partial charge in [0.25, 0.3) is 5.91 Å². The second-order valence-corrected chi connectivity index (χ2v) is 6.30. The van der Waals surface area contributed by atoms with Crippen LogP contribution < -0.4 is 10.6 Å². The lowest BCUT2D eigenvalue weighted by Crippen LogP contribution is -2.44. The maximum Gasteiger partial charge on any atom is 0.348 e. The number of fused-ring (bicyclic) bond motifs is 1. The first kappa shape index (κ1) is 15.5. The Morgan fingerprint density at radius 2 is 2.10 bits per heavy atom. The van der Waals surface area contributed by atoms with E-state index in [0.717, 1.165) is 19.3 Å². The van der Waals surface area contributed by atoms with Gasteiger partial charge in [-0.15, -0.1) is 11.3 Å². The van der Waals surface area contributed by atoms with Crippen LogP contribution in [0.4, 0.5) is 4.79 Å². The highest BCUT2D eigenvalue weighted by Gasteiger charge is 2.20. The fraction of sp³-hybridized carbons (Fsp3) is 0.500. The Bertz CT molecular complexity index is 544. The van der Waals surface area contributed by atoms with Gasteiger partial charge >= 0.3 is 12.0 Å². The number of hydrogen-bond donors (Lipinski definition) is 2. The summed E-state index contributed by atoms with van der Waals surface area (Å²) in [7, 11) is 0. The van der Waals surface area contributed by atoms with Crippen molar-refractivity contribution in [3.05, 3.63) is 21.4 Å². The first-order valence-corrected chi connectivity index (χ1v) is 7.66. The normalized spacial score (nSPS) is 12.9. The Hall–Kier alpha value is -1.89. The number of nitrogens with one attached hydrogen (secondary N) is 2. The van der Waals surface area contributed by atoms with Crippen molar-refractivity contribution in [1.82, 2.24) is 10.6 Å². The summed E-state index contributed by atoms with van der Waals surface area (Å²) in [6.45, 7) is 3.09. The average molecular weight is 310 g/mol. The van der Waals surface area contributed by atoms with E-state index in [2.05, 4.69) is 10.6 Å². The van der Waals surface area contributed by atoms with Crippen LogP contribution in [-0.2, 0) is 22.4 Å². The number of ether oxygens (including phenoxy) is 1. The van der Waals surface area contributed by atoms with Crippen LogP contribution in [-0.4, -0.2) is 30.6 Å². The molecule has 0 spiro atoms. The molecule has 6 nitrogen and oxygen atoms in total. The van der Waals surface area contributed by atoms with Gasteiger partial charge in [0, 0.05) is 10.9 Å². The number of carbonyl (C=O) groups is 3. The summed E-state index contributed by atoms with van der Waals surface area (Å²) in [6.07, 6.45) is 3.13. The molecule has 2 rings (SSSR count). The molecule has 0 bridgehead atoms. The van der Waals surface area contributed by atoms with Crippen LogP contribution in [0.3, 0.4) is 0 Å². The molecule has 1 aliphatic rings. The third-order valence-corrected chi connectivity index (χ3v) is 4.17. The van der Waals surface area contributed by atoms with E-state index in [0.29, 0.717) is 4.88 Å². The molecule has 0 saturated heterocycles. The number of amides is 3. The summed E-state index contributed by atoms with van der Waals surface area (Å²) in [5.74, 6) is -1.17. The Balaban J connectivity index is 1.78. The van der Waals surface area contributed by atoms with Crippen LogP contribution in [0.5, 0.6) is 0 Å². The van der Waals surface area contributed by atoms with E-state index in [-0.39, 0.29) is 6.04 Å². The summed E-state index contributed by atoms with van der Waals surface area (Å²) < 4.78 is 4.91. The highest BCUT2D eigenvalue weighted by molar-refractivity contribution is 7.14. The van der Waals surface area contributed by atoms with Crippen molar-refractivity contribution in [3.8, 4) is 0 Å². The Labute approximate surface area is 126 Å². The SMILES string of the molecule is CC(C)NC(=O)NC(=O)COC(=O)c1cc2c(s1)CCC2. The van der Waals surface area contributed by atoms with Crippen molar-refractivity contribution < 1.29 is 19.1 Å². The van der Waals surface area contributed by atoms with Crippen LogP contribution in [0.1, 0.15) is 40.4 Å². The third kappa shape index (κ3) is 4.29. The number of aryl methyl sites for hydroxylation is 2. The summed E-state index contributed by atoms with van der Waals surface area (Å²) in [4.78, 5) is 36.3. The van der Waals surface area contributed by atoms with E-state index in [4.69, 9.17) is 4.74 Å². The largest absolute Gasteiger partial charge is 0.451 e. The van der Waals surface area contributed by atoms with E-state index in [9.17, 15) is 14.4 Å². The standard InChI is InChI=1S/C14H18N2O4S/c1-8(2)15-14(19)16-12(17)7-20-13(18)11-6-9-4-3-5-10(9)21-11/h6,8H,3-5,7H2,1-2H3,(H2,15,16,17,19). The molecular formula is C14H18N2O4S. The summed E-state index contributed by atoms with van der Waals surface area (Å²) in [5, 5.41) is 4.60. The molecule has 3 amide bonds. The third-order valence-electron chi connectivity index (χ3n) is 2.95. The fourth-order valence-corrected chi connectivity index (χ4v) is 3.24. The van der Waals surface area contributed by atoms with Crippen molar-refractivity contribution in [1.29, 1.82) is 0 Å². The van der Waals surface area contributed by atoms with Crippen molar-refractivity contribution in [2.45, 2.75) is 39.2 Å². The zero-order valence-corrected chi connectivity index (χ0v) is 12.8. The first-order valence-electron chi connectivity index (χ1n) is 6.84. The predicted molar refractivity (Wildman–Crippen MR) is 78.4 cm³/mol. The van der Waals surface area contributed by atoms with E-state index < -0.39 is 24.5 Å². The smallest absolute Gasteiger partial charge is 0.348 e. The lowest BCUT2D eigenvalue weighted by Gasteiger charge is -2.09. The van der Waals surface area contributed by atoms with Crippen LogP contribution >= 0.6 is 11.3 Å². The second kappa shape index (κ2) is 6.71. The van der Waals surface area contributed by atoms with Crippen molar-refractivity contribution in [2.24, 2.45) is 0 Å². The molecule has 0 unspecified atom stereocenters. The van der Waals surface area contributed by atoms with Gasteiger partial charge in [0.05, 0.1) is 0 Å². The first-order chi connectivity index (χ1) is 9.95. The van der Waals surface area contributed by atoms with Crippen LogP contribution in [0.25, 0.3) is 0 Å². The summed E-state index contributed by atoms with van der Waals surface area (Å²) >= 11 is 1.42. The van der Waals surface area contributed by atoms with Gasteiger partial charge < -0.3 is 10.1 Å². The maximum absolute atomic E-state index is 11.8. The van der Waals surface area contributed by atoms with Gasteiger partial charge in [-0.1, -0.05) is 0 Å². The highest BCUT2D eigenvalue weighted by Crippen LogP contribution is 2.30. The number of hydrogen-bond acceptors (Lipinski definition) is 5. The minimum absolute atomic E-state index is 0.0751. The van der Waals surface area contributed by atoms with E-state index in [1.165, 1.54) is 21.8 Å². The molecule has 1 aliphatic carbocycles. The molecule has 21 heavy (non-hydrogen) atoms. The number of carbonyl (C=O) groups excluding carboxylic acids is 3. The van der Waals surface area contributed by atoms with Gasteiger partial charge in [-0.2, -0.15) is 0 Å². The number of rotatable bonds is 4. The average Bonchev–Trinajstić information content (AvgIpc) is 2.95. The Morgan fingerprint density at radius 1 is 1.33 bits per heavy atom. The zero-order chi connectivity index (χ0) is 15.4. The van der Waals surface area contributed by atoms with Crippen LogP contribution in [0.15, 0.2) is 6.07 Å². The lowest BCUT2D eigenvalue weighted by atomic mass is 10.2. The zero-order valence-electron chi connectivity index (χ0n) is 12.0. The molecule has 0 fully saturated rings. The molecule has 1 aromatic heterocycles. The molecule has 0 saturated carbocycles. The fourth-order valence-electron chi connectivity index (χ4n) is 2.09. The van der Waals surface area contributed by atoms with Crippen molar-refractivity contribution in [2.75, 3.05) is 6.61 Å². The molecule has 0 aliphatic heterocycles. The van der Waals surface area contributed by atoms with Gasteiger partial charge in [-0.3, -0.25) is 10.1 Å². The Kier molecular flexibility index (Phi) is 4.95. The molecular weight excluding hydrogens is 292 g/mol. The van der Waals surface area contributed by atoms with Crippen LogP contribution in [0.2, 0.25) is 0 Å². The van der Waals surface area contributed by atoms with Gasteiger partial charge in [-0.05, 0) is 44.7 Å². The lowest BCUT2D eigenvalue weighted by molar-refractivity contribution is -0.123. The second-order valence-electron chi connectivity index (χ2n) is 5.17. The topological polar surface area (TPSA) is 84.5 Å². The molecule has 2 N–H and O–H groups in total. The number of esters is 1. The quantitative estimate of drug-likeness (QED) is 0.828. The summed E-state index contributed by atoms with van der Waals surface area (Å²) in [6, 6.07) is 1.16. The molecule has 0 radical (unpaired) electrons. The molecule has 114 valence electrons. The number of thiophene rings is 1. The minimum atomic E-state index is -0.648. The van der Waals surface area contributed by atoms with Crippen molar-refractivity contribution >= 4 is 29.2 Å². The number of imide groups is 1. The highest BCUT2D eigenvalue weighted by atomic mass is 32.1. The molecule has 1 heterocycles. The van der Waals surface area contributed by atoms with Gasteiger partial charge in [0.15, 0.2) is 6.61 Å². The van der Waals surface area contributed by atoms with Crippen LogP contribution in [0, 0.1) is 0 Å². The van der Waals surface area contributed by atoms with E-state index >= 15 is 0 Å². The predicted octanol–water partition coefficient (Wildman–Crippen LogP) is 1.63. The van der Waals surface area contributed by atoms with E-state index in [1.807, 2.05) is 6.07 Å². The molecule has 7 heteroatoms. The van der Waals surface area contributed by atoms with Gasteiger partial charge in [0.1, 0.15) is 4.88 Å². The van der Waals surface area contributed by atoms with Gasteiger partial charge in [-0.25, -0.2) is 9.59 Å². The number of urea groups is 1. The molecule has 1 aromatic rings. The molecule has 0 aromatic carbocycles. The minimum Gasteiger partial charge on any atom is -0.451 e. The summed E-state index contributed by atoms with van der Waals surface area (Å²) in [5.41, 5.74) is 1.20. The monoisotopic (exact) mass is 310 g/mol.